The minimum Gasteiger partial charge on any atom is -0.465 e. The highest BCUT2D eigenvalue weighted by atomic mass is 16.7. The SMILES string of the molecule is COC(=O)c1ccc(C(=O)C(CB2OC(C)(C)C(C)(C)O2)=C(C)C)cc1. The Balaban J connectivity index is 2.20. The maximum absolute atomic E-state index is 13.0. The number of carbonyl (C=O) groups is 2. The van der Waals surface area contributed by atoms with Gasteiger partial charge < -0.3 is 14.0 Å². The van der Waals surface area contributed by atoms with E-state index >= 15 is 0 Å². The maximum atomic E-state index is 13.0. The van der Waals surface area contributed by atoms with Crippen molar-refractivity contribution in [2.45, 2.75) is 59.1 Å². The summed E-state index contributed by atoms with van der Waals surface area (Å²) in [4.78, 5) is 24.5. The molecule has 0 amide bonds. The van der Waals surface area contributed by atoms with Crippen molar-refractivity contribution in [2.24, 2.45) is 0 Å². The second-order valence-corrected chi connectivity index (χ2v) is 7.77. The molecule has 0 aliphatic carbocycles. The fourth-order valence-corrected chi connectivity index (χ4v) is 2.79. The Kier molecular flexibility index (Phi) is 5.78. The molecule has 0 atom stereocenters. The molecule has 1 fully saturated rings. The molecule has 6 heteroatoms. The van der Waals surface area contributed by atoms with Crippen molar-refractivity contribution in [3.8, 4) is 0 Å². The first-order valence-electron chi connectivity index (χ1n) is 8.73. The van der Waals surface area contributed by atoms with E-state index < -0.39 is 24.3 Å². The lowest BCUT2D eigenvalue weighted by Gasteiger charge is -2.32. The molecule has 1 heterocycles. The summed E-state index contributed by atoms with van der Waals surface area (Å²) in [5, 5.41) is 0. The van der Waals surface area contributed by atoms with Crippen molar-refractivity contribution < 1.29 is 23.6 Å². The summed E-state index contributed by atoms with van der Waals surface area (Å²) in [7, 11) is 0.857. The largest absolute Gasteiger partial charge is 0.465 e. The first kappa shape index (κ1) is 20.4. The van der Waals surface area contributed by atoms with Gasteiger partial charge in [0.05, 0.1) is 23.9 Å². The molecule has 0 aromatic heterocycles. The van der Waals surface area contributed by atoms with Gasteiger partial charge in [0.25, 0.3) is 0 Å². The monoisotopic (exact) mass is 358 g/mol. The zero-order chi connectivity index (χ0) is 19.7. The molecule has 5 nitrogen and oxygen atoms in total. The Bertz CT molecular complexity index is 711. The highest BCUT2D eigenvalue weighted by molar-refractivity contribution is 6.47. The average Bonchev–Trinajstić information content (AvgIpc) is 2.78. The van der Waals surface area contributed by atoms with Crippen LogP contribution < -0.4 is 0 Å². The van der Waals surface area contributed by atoms with E-state index in [9.17, 15) is 9.59 Å². The Morgan fingerprint density at radius 2 is 1.42 bits per heavy atom. The molecule has 0 N–H and O–H groups in total. The summed E-state index contributed by atoms with van der Waals surface area (Å²) >= 11 is 0. The molecule has 0 spiro atoms. The predicted octanol–water partition coefficient (Wildman–Crippen LogP) is 4.08. The van der Waals surface area contributed by atoms with Gasteiger partial charge in [0, 0.05) is 11.9 Å². The summed E-state index contributed by atoms with van der Waals surface area (Å²) in [6.07, 6.45) is 0.382. The van der Waals surface area contributed by atoms with Gasteiger partial charge in [0.2, 0.25) is 0 Å². The molecule has 1 aromatic carbocycles. The van der Waals surface area contributed by atoms with E-state index in [1.807, 2.05) is 41.5 Å². The van der Waals surface area contributed by atoms with Gasteiger partial charge in [-0.05, 0) is 59.2 Å². The molecule has 0 unspecified atom stereocenters. The third-order valence-electron chi connectivity index (χ3n) is 5.12. The summed E-state index contributed by atoms with van der Waals surface area (Å²) < 4.78 is 16.7. The van der Waals surface area contributed by atoms with Crippen LogP contribution in [0.15, 0.2) is 35.4 Å². The van der Waals surface area contributed by atoms with E-state index in [2.05, 4.69) is 4.74 Å². The summed E-state index contributed by atoms with van der Waals surface area (Å²) in [6.45, 7) is 11.8. The third-order valence-corrected chi connectivity index (χ3v) is 5.12. The van der Waals surface area contributed by atoms with Gasteiger partial charge in [-0.25, -0.2) is 4.79 Å². The topological polar surface area (TPSA) is 61.8 Å². The maximum Gasteiger partial charge on any atom is 0.462 e. The van der Waals surface area contributed by atoms with E-state index in [0.717, 1.165) is 5.57 Å². The third kappa shape index (κ3) is 4.08. The zero-order valence-corrected chi connectivity index (χ0v) is 16.6. The van der Waals surface area contributed by atoms with Crippen molar-refractivity contribution in [2.75, 3.05) is 7.11 Å². The number of hydrogen-bond acceptors (Lipinski definition) is 5. The van der Waals surface area contributed by atoms with Crippen molar-refractivity contribution >= 4 is 18.9 Å². The van der Waals surface area contributed by atoms with Crippen LogP contribution >= 0.6 is 0 Å². The van der Waals surface area contributed by atoms with Crippen LogP contribution in [-0.4, -0.2) is 37.2 Å². The molecule has 1 saturated heterocycles. The number of rotatable bonds is 5. The number of esters is 1. The minimum absolute atomic E-state index is 0.0869. The number of allylic oxidation sites excluding steroid dienone is 2. The molecular weight excluding hydrogens is 331 g/mol. The van der Waals surface area contributed by atoms with Gasteiger partial charge in [0.1, 0.15) is 0 Å². The predicted molar refractivity (Wildman–Crippen MR) is 101 cm³/mol. The van der Waals surface area contributed by atoms with Crippen LogP contribution in [0.4, 0.5) is 0 Å². The van der Waals surface area contributed by atoms with E-state index in [1.165, 1.54) is 7.11 Å². The van der Waals surface area contributed by atoms with Crippen molar-refractivity contribution in [1.29, 1.82) is 0 Å². The van der Waals surface area contributed by atoms with Gasteiger partial charge in [-0.2, -0.15) is 0 Å². The van der Waals surface area contributed by atoms with Gasteiger partial charge in [-0.15, -0.1) is 0 Å². The van der Waals surface area contributed by atoms with Crippen LogP contribution in [0.1, 0.15) is 62.3 Å². The lowest BCUT2D eigenvalue weighted by molar-refractivity contribution is 0.00578. The van der Waals surface area contributed by atoms with E-state index in [-0.39, 0.29) is 5.78 Å². The van der Waals surface area contributed by atoms with Gasteiger partial charge >= 0.3 is 13.1 Å². The van der Waals surface area contributed by atoms with Crippen LogP contribution in [0.3, 0.4) is 0 Å². The number of ketones is 1. The molecule has 0 radical (unpaired) electrons. The first-order chi connectivity index (χ1) is 12.0. The number of hydrogen-bond donors (Lipinski definition) is 0. The highest BCUT2D eigenvalue weighted by Crippen LogP contribution is 2.39. The van der Waals surface area contributed by atoms with Crippen LogP contribution in [0.25, 0.3) is 0 Å². The van der Waals surface area contributed by atoms with E-state index in [0.29, 0.717) is 23.0 Å². The highest BCUT2D eigenvalue weighted by Gasteiger charge is 2.51. The first-order valence-corrected chi connectivity index (χ1v) is 8.73. The minimum atomic E-state index is -0.469. The summed E-state index contributed by atoms with van der Waals surface area (Å²) in [5.41, 5.74) is 1.64. The number of ether oxygens (including phenoxy) is 1. The fraction of sp³-hybridized carbons (Fsp3) is 0.500. The number of carbonyl (C=O) groups excluding carboxylic acids is 2. The lowest BCUT2D eigenvalue weighted by atomic mass is 9.77. The number of Topliss-reactive ketones (excluding diaryl/α,β-unsaturated/α-hetero) is 1. The van der Waals surface area contributed by atoms with E-state index in [1.54, 1.807) is 24.3 Å². The molecule has 0 bridgehead atoms. The van der Waals surface area contributed by atoms with Crippen LogP contribution in [0.5, 0.6) is 0 Å². The summed E-state index contributed by atoms with van der Waals surface area (Å²) in [6, 6.07) is 6.47. The van der Waals surface area contributed by atoms with Gasteiger partial charge in [0.15, 0.2) is 5.78 Å². The smallest absolute Gasteiger partial charge is 0.462 e. The molecule has 26 heavy (non-hydrogen) atoms. The quantitative estimate of drug-likeness (QED) is 0.343. The molecular formula is C20H27BO5. The second kappa shape index (κ2) is 7.37. The van der Waals surface area contributed by atoms with Crippen LogP contribution in [-0.2, 0) is 14.0 Å². The fourth-order valence-electron chi connectivity index (χ4n) is 2.79. The van der Waals surface area contributed by atoms with Gasteiger partial charge in [-0.3, -0.25) is 4.79 Å². The normalized spacial score (nSPS) is 17.7. The molecule has 1 aromatic rings. The van der Waals surface area contributed by atoms with Gasteiger partial charge in [-0.1, -0.05) is 17.7 Å². The lowest BCUT2D eigenvalue weighted by Crippen LogP contribution is -2.41. The number of methoxy groups -OCH3 is 1. The Hall–Kier alpha value is -1.92. The summed E-state index contributed by atoms with van der Waals surface area (Å²) in [5.74, 6) is -0.514. The Morgan fingerprint density at radius 1 is 0.962 bits per heavy atom. The van der Waals surface area contributed by atoms with Crippen LogP contribution in [0.2, 0.25) is 6.32 Å². The molecule has 1 aliphatic heterocycles. The molecule has 140 valence electrons. The molecule has 2 rings (SSSR count). The molecule has 0 saturated carbocycles. The Labute approximate surface area is 155 Å². The standard InChI is InChI=1S/C20H27BO5/c1-13(2)16(12-21-25-19(3,4)20(5,6)26-21)17(22)14-8-10-15(11-9-14)18(23)24-7/h8-11H,12H2,1-7H3. The zero-order valence-electron chi connectivity index (χ0n) is 16.6. The van der Waals surface area contributed by atoms with Crippen molar-refractivity contribution in [3.63, 3.8) is 0 Å². The average molecular weight is 358 g/mol. The number of benzene rings is 1. The van der Waals surface area contributed by atoms with Crippen LogP contribution in [0, 0.1) is 0 Å². The van der Waals surface area contributed by atoms with E-state index in [4.69, 9.17) is 9.31 Å². The molecule has 1 aliphatic rings. The Morgan fingerprint density at radius 3 is 1.85 bits per heavy atom. The van der Waals surface area contributed by atoms with Crippen molar-refractivity contribution in [1.82, 2.24) is 0 Å². The van der Waals surface area contributed by atoms with Crippen molar-refractivity contribution in [3.05, 3.63) is 46.5 Å². The second-order valence-electron chi connectivity index (χ2n) is 7.77.